The van der Waals surface area contributed by atoms with Gasteiger partial charge in [-0.25, -0.2) is 9.98 Å². The Kier molecular flexibility index (Phi) is 8.80. The van der Waals surface area contributed by atoms with E-state index >= 15 is 0 Å². The molecule has 1 aromatic carbocycles. The summed E-state index contributed by atoms with van der Waals surface area (Å²) in [5, 5.41) is 3.39. The van der Waals surface area contributed by atoms with Crippen LogP contribution in [-0.4, -0.2) is 49.3 Å². The number of guanidine groups is 1. The first kappa shape index (κ1) is 21.4. The number of aliphatic imine (C=N–C) groups is 1. The van der Waals surface area contributed by atoms with E-state index in [-0.39, 0.29) is 30.1 Å². The molecule has 1 aliphatic heterocycles. The molecule has 0 amide bonds. The summed E-state index contributed by atoms with van der Waals surface area (Å²) >= 11 is 0. The number of benzene rings is 1. The fourth-order valence-electron chi connectivity index (χ4n) is 2.69. The van der Waals surface area contributed by atoms with Crippen molar-refractivity contribution in [1.82, 2.24) is 15.2 Å². The van der Waals surface area contributed by atoms with E-state index in [4.69, 9.17) is 14.5 Å². The van der Waals surface area contributed by atoms with Crippen LogP contribution in [0, 0.1) is 0 Å². The van der Waals surface area contributed by atoms with E-state index in [9.17, 15) is 0 Å². The van der Waals surface area contributed by atoms with Crippen molar-refractivity contribution < 1.29 is 9.47 Å². The zero-order valence-corrected chi connectivity index (χ0v) is 18.1. The molecule has 1 N–H and O–H groups in total. The minimum absolute atomic E-state index is 0. The van der Waals surface area contributed by atoms with E-state index in [1.54, 1.807) is 6.20 Å². The van der Waals surface area contributed by atoms with Gasteiger partial charge in [0, 0.05) is 39.3 Å². The van der Waals surface area contributed by atoms with E-state index < -0.39 is 0 Å². The van der Waals surface area contributed by atoms with Crippen molar-refractivity contribution in [3.8, 4) is 5.88 Å². The van der Waals surface area contributed by atoms with Crippen LogP contribution < -0.4 is 10.1 Å². The van der Waals surface area contributed by atoms with Crippen molar-refractivity contribution in [1.29, 1.82) is 0 Å². The monoisotopic (exact) mass is 482 g/mol. The van der Waals surface area contributed by atoms with Gasteiger partial charge in [-0.2, -0.15) is 0 Å². The second-order valence-corrected chi connectivity index (χ2v) is 6.48. The van der Waals surface area contributed by atoms with Crippen LogP contribution in [0.15, 0.2) is 53.7 Å². The highest BCUT2D eigenvalue weighted by Crippen LogP contribution is 2.16. The Labute approximate surface area is 178 Å². The van der Waals surface area contributed by atoms with Crippen molar-refractivity contribution >= 4 is 29.9 Å². The van der Waals surface area contributed by atoms with Crippen LogP contribution in [0.1, 0.15) is 17.5 Å². The first-order valence-electron chi connectivity index (χ1n) is 8.89. The van der Waals surface area contributed by atoms with E-state index in [1.165, 1.54) is 5.56 Å². The Balaban J connectivity index is 0.00000261. The van der Waals surface area contributed by atoms with Crippen molar-refractivity contribution in [3.63, 3.8) is 0 Å². The number of rotatable bonds is 6. The highest BCUT2D eigenvalue weighted by Gasteiger charge is 2.17. The van der Waals surface area contributed by atoms with Crippen molar-refractivity contribution in [3.05, 3.63) is 59.8 Å². The van der Waals surface area contributed by atoms with E-state index in [0.29, 0.717) is 19.0 Å². The van der Waals surface area contributed by atoms with E-state index in [2.05, 4.69) is 22.4 Å². The number of nitrogens with one attached hydrogen (secondary N) is 1. The maximum atomic E-state index is 5.86. The van der Waals surface area contributed by atoms with Crippen LogP contribution in [0.5, 0.6) is 5.88 Å². The number of pyridine rings is 1. The second kappa shape index (κ2) is 11.1. The summed E-state index contributed by atoms with van der Waals surface area (Å²) < 4.78 is 11.2. The molecule has 7 heteroatoms. The van der Waals surface area contributed by atoms with Crippen LogP contribution in [0.25, 0.3) is 0 Å². The van der Waals surface area contributed by atoms with E-state index in [1.807, 2.05) is 49.3 Å². The fourth-order valence-corrected chi connectivity index (χ4v) is 2.69. The molecule has 2 heterocycles. The van der Waals surface area contributed by atoms with Gasteiger partial charge in [-0.05, 0) is 17.2 Å². The van der Waals surface area contributed by atoms with E-state index in [0.717, 1.165) is 31.1 Å². The summed E-state index contributed by atoms with van der Waals surface area (Å²) in [4.78, 5) is 11.0. The van der Waals surface area contributed by atoms with Gasteiger partial charge in [0.05, 0.1) is 19.8 Å². The molecule has 0 bridgehead atoms. The van der Waals surface area contributed by atoms with Crippen LogP contribution in [-0.2, 0) is 17.8 Å². The Morgan fingerprint density at radius 3 is 2.78 bits per heavy atom. The zero-order chi connectivity index (χ0) is 18.2. The minimum atomic E-state index is 0. The van der Waals surface area contributed by atoms with Gasteiger partial charge < -0.3 is 19.7 Å². The van der Waals surface area contributed by atoms with Crippen LogP contribution in [0.2, 0.25) is 0 Å². The number of nitrogens with zero attached hydrogens (tertiary/aromatic N) is 3. The SMILES string of the molecule is CN(C)C(=NCc1ccnc(OC2CCOC2)c1)NCc1ccccc1.I. The van der Waals surface area contributed by atoms with Crippen LogP contribution in [0.3, 0.4) is 0 Å². The van der Waals surface area contributed by atoms with Gasteiger partial charge in [0.2, 0.25) is 5.88 Å². The highest BCUT2D eigenvalue weighted by atomic mass is 127. The Morgan fingerprint density at radius 1 is 1.26 bits per heavy atom. The number of hydrogen-bond donors (Lipinski definition) is 1. The molecule has 1 aliphatic rings. The first-order valence-corrected chi connectivity index (χ1v) is 8.89. The lowest BCUT2D eigenvalue weighted by molar-refractivity contribution is 0.138. The maximum Gasteiger partial charge on any atom is 0.213 e. The summed E-state index contributed by atoms with van der Waals surface area (Å²) in [5.74, 6) is 1.48. The highest BCUT2D eigenvalue weighted by molar-refractivity contribution is 14.0. The average molecular weight is 482 g/mol. The molecule has 0 saturated carbocycles. The molecule has 0 spiro atoms. The molecule has 1 atom stereocenters. The quantitative estimate of drug-likeness (QED) is 0.390. The Hall–Kier alpha value is -1.87. The molecule has 3 rings (SSSR count). The molecule has 0 radical (unpaired) electrons. The molecule has 1 unspecified atom stereocenters. The lowest BCUT2D eigenvalue weighted by atomic mass is 10.2. The predicted molar refractivity (Wildman–Crippen MR) is 118 cm³/mol. The molecule has 146 valence electrons. The van der Waals surface area contributed by atoms with Gasteiger partial charge in [0.15, 0.2) is 5.96 Å². The molecular weight excluding hydrogens is 455 g/mol. The largest absolute Gasteiger partial charge is 0.472 e. The second-order valence-electron chi connectivity index (χ2n) is 6.48. The Bertz CT molecular complexity index is 719. The third-order valence-corrected chi connectivity index (χ3v) is 4.10. The standard InChI is InChI=1S/C20H26N4O2.HI/c1-24(2)20(22-13-16-6-4-3-5-7-16)23-14-17-8-10-21-19(12-17)26-18-9-11-25-15-18;/h3-8,10,12,18H,9,11,13-15H2,1-2H3,(H,22,23);1H. The number of aromatic nitrogens is 1. The van der Waals surface area contributed by atoms with Crippen molar-refractivity contribution in [2.45, 2.75) is 25.6 Å². The van der Waals surface area contributed by atoms with Gasteiger partial charge in [0.1, 0.15) is 6.10 Å². The van der Waals surface area contributed by atoms with Gasteiger partial charge in [-0.15, -0.1) is 24.0 Å². The summed E-state index contributed by atoms with van der Waals surface area (Å²) in [7, 11) is 3.97. The summed E-state index contributed by atoms with van der Waals surface area (Å²) in [6, 6.07) is 14.2. The van der Waals surface area contributed by atoms with Gasteiger partial charge in [-0.1, -0.05) is 30.3 Å². The number of hydrogen-bond acceptors (Lipinski definition) is 4. The molecule has 1 fully saturated rings. The number of halogens is 1. The zero-order valence-electron chi connectivity index (χ0n) is 15.8. The van der Waals surface area contributed by atoms with Crippen molar-refractivity contribution in [2.24, 2.45) is 4.99 Å². The predicted octanol–water partition coefficient (Wildman–Crippen LogP) is 3.07. The molecular formula is C20H27IN4O2. The lowest BCUT2D eigenvalue weighted by Gasteiger charge is -2.18. The summed E-state index contributed by atoms with van der Waals surface area (Å²) in [6.45, 7) is 2.70. The topological polar surface area (TPSA) is 59.0 Å². The summed E-state index contributed by atoms with van der Waals surface area (Å²) in [5.41, 5.74) is 2.29. The van der Waals surface area contributed by atoms with Gasteiger partial charge in [-0.3, -0.25) is 0 Å². The maximum absolute atomic E-state index is 5.86. The number of ether oxygens (including phenoxy) is 2. The third kappa shape index (κ3) is 6.99. The lowest BCUT2D eigenvalue weighted by Crippen LogP contribution is -2.36. The first-order chi connectivity index (χ1) is 12.7. The van der Waals surface area contributed by atoms with Gasteiger partial charge in [0.25, 0.3) is 0 Å². The molecule has 27 heavy (non-hydrogen) atoms. The molecule has 6 nitrogen and oxygen atoms in total. The van der Waals surface area contributed by atoms with Crippen LogP contribution in [0.4, 0.5) is 0 Å². The Morgan fingerprint density at radius 2 is 2.07 bits per heavy atom. The average Bonchev–Trinajstić information content (AvgIpc) is 3.15. The summed E-state index contributed by atoms with van der Waals surface area (Å²) in [6.07, 6.45) is 2.78. The fraction of sp³-hybridized carbons (Fsp3) is 0.400. The minimum Gasteiger partial charge on any atom is -0.472 e. The normalized spacial score (nSPS) is 16.5. The smallest absolute Gasteiger partial charge is 0.213 e. The van der Waals surface area contributed by atoms with Crippen LogP contribution >= 0.6 is 24.0 Å². The molecule has 1 saturated heterocycles. The third-order valence-electron chi connectivity index (χ3n) is 4.10. The van der Waals surface area contributed by atoms with Gasteiger partial charge >= 0.3 is 0 Å². The molecule has 2 aromatic rings. The van der Waals surface area contributed by atoms with Crippen molar-refractivity contribution in [2.75, 3.05) is 27.3 Å². The molecule has 0 aliphatic carbocycles. The molecule has 1 aromatic heterocycles.